The maximum atomic E-state index is 12.1. The summed E-state index contributed by atoms with van der Waals surface area (Å²) in [6.45, 7) is 1.81. The first kappa shape index (κ1) is 13.9. The van der Waals surface area contributed by atoms with Gasteiger partial charge in [0.05, 0.1) is 22.0 Å². The Hall–Kier alpha value is -2.51. The fourth-order valence-corrected chi connectivity index (χ4v) is 1.96. The van der Waals surface area contributed by atoms with Crippen LogP contribution in [0, 0.1) is 18.3 Å². The Kier molecular flexibility index (Phi) is 3.92. The second-order valence-corrected chi connectivity index (χ2v) is 4.71. The summed E-state index contributed by atoms with van der Waals surface area (Å²) >= 11 is 5.89. The molecule has 1 amide bonds. The van der Waals surface area contributed by atoms with Crippen molar-refractivity contribution in [2.24, 2.45) is 0 Å². The van der Waals surface area contributed by atoms with Gasteiger partial charge in [-0.05, 0) is 36.8 Å². The molecule has 4 nitrogen and oxygen atoms in total. The first-order chi connectivity index (χ1) is 9.52. The Bertz CT molecular complexity index is 720. The van der Waals surface area contributed by atoms with Crippen LogP contribution < -0.4 is 11.1 Å². The van der Waals surface area contributed by atoms with E-state index < -0.39 is 0 Å². The minimum atomic E-state index is -0.339. The summed E-state index contributed by atoms with van der Waals surface area (Å²) in [5, 5.41) is 12.2. The molecule has 0 aliphatic rings. The van der Waals surface area contributed by atoms with Crippen molar-refractivity contribution in [2.75, 3.05) is 11.1 Å². The molecule has 5 heteroatoms. The highest BCUT2D eigenvalue weighted by Crippen LogP contribution is 2.22. The number of nitrogens with two attached hydrogens (primary N) is 1. The van der Waals surface area contributed by atoms with Crippen molar-refractivity contribution in [2.45, 2.75) is 6.92 Å². The fraction of sp³-hybridized carbons (Fsp3) is 0.0667. The van der Waals surface area contributed by atoms with Gasteiger partial charge in [-0.2, -0.15) is 5.26 Å². The molecule has 0 radical (unpaired) electrons. The van der Waals surface area contributed by atoms with E-state index >= 15 is 0 Å². The van der Waals surface area contributed by atoms with E-state index in [1.807, 2.05) is 13.0 Å². The zero-order valence-corrected chi connectivity index (χ0v) is 11.5. The molecule has 20 heavy (non-hydrogen) atoms. The molecule has 0 saturated carbocycles. The van der Waals surface area contributed by atoms with Crippen molar-refractivity contribution in [3.63, 3.8) is 0 Å². The van der Waals surface area contributed by atoms with Crippen molar-refractivity contribution in [1.29, 1.82) is 5.26 Å². The molecule has 3 N–H and O–H groups in total. The lowest BCUT2D eigenvalue weighted by Crippen LogP contribution is -2.13. The number of anilines is 2. The molecule has 0 unspecified atom stereocenters. The van der Waals surface area contributed by atoms with Gasteiger partial charge in [-0.25, -0.2) is 0 Å². The molecular weight excluding hydrogens is 274 g/mol. The number of nitrogens with zero attached hydrogens (tertiary/aromatic N) is 1. The molecule has 0 aromatic heterocycles. The predicted octanol–water partition coefficient (Wildman–Crippen LogP) is 3.35. The van der Waals surface area contributed by atoms with E-state index in [4.69, 9.17) is 22.6 Å². The fourth-order valence-electron chi connectivity index (χ4n) is 1.78. The number of nitriles is 1. The van der Waals surface area contributed by atoms with Crippen molar-refractivity contribution < 1.29 is 4.79 Å². The van der Waals surface area contributed by atoms with Crippen LogP contribution in [0.3, 0.4) is 0 Å². The average molecular weight is 286 g/mol. The van der Waals surface area contributed by atoms with E-state index in [1.54, 1.807) is 24.3 Å². The number of halogens is 1. The lowest BCUT2D eigenvalue weighted by atomic mass is 10.1. The van der Waals surface area contributed by atoms with Crippen LogP contribution in [0.15, 0.2) is 36.4 Å². The van der Waals surface area contributed by atoms with E-state index in [2.05, 4.69) is 11.4 Å². The highest BCUT2D eigenvalue weighted by Gasteiger charge is 2.11. The number of aryl methyl sites for hydroxylation is 1. The van der Waals surface area contributed by atoms with Crippen LogP contribution in [-0.4, -0.2) is 5.91 Å². The molecule has 0 heterocycles. The molecule has 2 aromatic carbocycles. The predicted molar refractivity (Wildman–Crippen MR) is 79.7 cm³/mol. The molecular formula is C15H12ClN3O. The Balaban J connectivity index is 2.31. The second-order valence-electron chi connectivity index (χ2n) is 4.30. The van der Waals surface area contributed by atoms with E-state index in [9.17, 15) is 4.79 Å². The quantitative estimate of drug-likeness (QED) is 0.831. The third-order valence-electron chi connectivity index (χ3n) is 2.90. The van der Waals surface area contributed by atoms with E-state index in [0.29, 0.717) is 27.5 Å². The SMILES string of the molecule is Cc1cccc(NC(=O)c2ccc(N)c(Cl)c2)c1C#N. The monoisotopic (exact) mass is 285 g/mol. The van der Waals surface area contributed by atoms with Crippen LogP contribution >= 0.6 is 11.6 Å². The van der Waals surface area contributed by atoms with Crippen LogP contribution in [0.1, 0.15) is 21.5 Å². The zero-order chi connectivity index (χ0) is 14.7. The minimum Gasteiger partial charge on any atom is -0.398 e. The van der Waals surface area contributed by atoms with Gasteiger partial charge >= 0.3 is 0 Å². The maximum absolute atomic E-state index is 12.1. The maximum Gasteiger partial charge on any atom is 0.255 e. The van der Waals surface area contributed by atoms with Crippen LogP contribution in [0.4, 0.5) is 11.4 Å². The molecule has 0 fully saturated rings. The molecule has 0 atom stereocenters. The third kappa shape index (κ3) is 2.73. The summed E-state index contributed by atoms with van der Waals surface area (Å²) in [7, 11) is 0. The van der Waals surface area contributed by atoms with Crippen molar-refractivity contribution in [1.82, 2.24) is 0 Å². The highest BCUT2D eigenvalue weighted by molar-refractivity contribution is 6.33. The lowest BCUT2D eigenvalue weighted by molar-refractivity contribution is 0.102. The number of hydrogen-bond donors (Lipinski definition) is 2. The first-order valence-corrected chi connectivity index (χ1v) is 6.27. The average Bonchev–Trinajstić information content (AvgIpc) is 2.42. The second kappa shape index (κ2) is 5.64. The molecule has 0 aliphatic heterocycles. The molecule has 0 spiro atoms. The number of amides is 1. The van der Waals surface area contributed by atoms with Gasteiger partial charge < -0.3 is 11.1 Å². The molecule has 0 bridgehead atoms. The highest BCUT2D eigenvalue weighted by atomic mass is 35.5. The number of hydrogen-bond acceptors (Lipinski definition) is 3. The number of benzene rings is 2. The topological polar surface area (TPSA) is 78.9 Å². The van der Waals surface area contributed by atoms with Crippen molar-refractivity contribution >= 4 is 28.9 Å². The summed E-state index contributed by atoms with van der Waals surface area (Å²) in [6.07, 6.45) is 0. The molecule has 0 saturated heterocycles. The van der Waals surface area contributed by atoms with Gasteiger partial charge in [0.15, 0.2) is 0 Å². The van der Waals surface area contributed by atoms with Gasteiger partial charge in [0.1, 0.15) is 6.07 Å². The number of rotatable bonds is 2. The van der Waals surface area contributed by atoms with Crippen LogP contribution in [0.25, 0.3) is 0 Å². The smallest absolute Gasteiger partial charge is 0.255 e. The molecule has 2 aromatic rings. The number of carbonyl (C=O) groups is 1. The number of nitrogen functional groups attached to an aromatic ring is 1. The van der Waals surface area contributed by atoms with Crippen molar-refractivity contribution in [3.05, 3.63) is 58.1 Å². The van der Waals surface area contributed by atoms with Gasteiger partial charge in [-0.1, -0.05) is 23.7 Å². The van der Waals surface area contributed by atoms with Crippen molar-refractivity contribution in [3.8, 4) is 6.07 Å². The minimum absolute atomic E-state index is 0.322. The van der Waals surface area contributed by atoms with E-state index in [-0.39, 0.29) is 5.91 Å². The standard InChI is InChI=1S/C15H12ClN3O/c1-9-3-2-4-14(11(9)8-17)19-15(20)10-5-6-13(18)12(16)7-10/h2-7H,18H2,1H3,(H,19,20). The van der Waals surface area contributed by atoms with Crippen LogP contribution in [-0.2, 0) is 0 Å². The zero-order valence-electron chi connectivity index (χ0n) is 10.8. The van der Waals surface area contributed by atoms with Gasteiger partial charge in [0.25, 0.3) is 5.91 Å². The molecule has 0 aliphatic carbocycles. The Labute approximate surface area is 121 Å². The number of carbonyl (C=O) groups excluding carboxylic acids is 1. The van der Waals surface area contributed by atoms with Gasteiger partial charge in [-0.15, -0.1) is 0 Å². The molecule has 100 valence electrons. The van der Waals surface area contributed by atoms with Gasteiger partial charge in [-0.3, -0.25) is 4.79 Å². The van der Waals surface area contributed by atoms with Crippen LogP contribution in [0.5, 0.6) is 0 Å². The third-order valence-corrected chi connectivity index (χ3v) is 3.22. The normalized spacial score (nSPS) is 9.85. The Morgan fingerprint density at radius 3 is 2.75 bits per heavy atom. The summed E-state index contributed by atoms with van der Waals surface area (Å²) in [4.78, 5) is 12.1. The van der Waals surface area contributed by atoms with E-state index in [1.165, 1.54) is 6.07 Å². The summed E-state index contributed by atoms with van der Waals surface area (Å²) < 4.78 is 0. The Morgan fingerprint density at radius 1 is 1.35 bits per heavy atom. The van der Waals surface area contributed by atoms with Gasteiger partial charge in [0.2, 0.25) is 0 Å². The van der Waals surface area contributed by atoms with Gasteiger partial charge in [0, 0.05) is 5.56 Å². The van der Waals surface area contributed by atoms with E-state index in [0.717, 1.165) is 5.56 Å². The lowest BCUT2D eigenvalue weighted by Gasteiger charge is -2.09. The Morgan fingerprint density at radius 2 is 2.10 bits per heavy atom. The summed E-state index contributed by atoms with van der Waals surface area (Å²) in [5.41, 5.74) is 8.13. The number of nitrogens with one attached hydrogen (secondary N) is 1. The largest absolute Gasteiger partial charge is 0.398 e. The summed E-state index contributed by atoms with van der Waals surface area (Å²) in [6, 6.07) is 12.0. The van der Waals surface area contributed by atoms with Crippen LogP contribution in [0.2, 0.25) is 5.02 Å². The molecule has 2 rings (SSSR count). The summed E-state index contributed by atoms with van der Waals surface area (Å²) in [5.74, 6) is -0.339. The first-order valence-electron chi connectivity index (χ1n) is 5.89.